The van der Waals surface area contributed by atoms with E-state index in [1.54, 1.807) is 0 Å². The summed E-state index contributed by atoms with van der Waals surface area (Å²) in [6, 6.07) is 2.17. The van der Waals surface area contributed by atoms with Gasteiger partial charge in [-0.1, -0.05) is 6.92 Å². The van der Waals surface area contributed by atoms with Crippen LogP contribution in [0, 0.1) is 0 Å². The van der Waals surface area contributed by atoms with Crippen LogP contribution in [-0.4, -0.2) is 48.8 Å². The Kier molecular flexibility index (Phi) is 5.46. The predicted molar refractivity (Wildman–Crippen MR) is 75.9 cm³/mol. The molecule has 0 aromatic heterocycles. The Labute approximate surface area is 112 Å². The molecule has 3 heteroatoms. The lowest BCUT2D eigenvalue weighted by Crippen LogP contribution is -2.53. The highest BCUT2D eigenvalue weighted by Gasteiger charge is 2.32. The minimum Gasteiger partial charge on any atom is -0.376 e. The predicted octanol–water partition coefficient (Wildman–Crippen LogP) is 2.41. The average Bonchev–Trinajstić information content (AvgIpc) is 2.40. The van der Waals surface area contributed by atoms with Gasteiger partial charge in [0.2, 0.25) is 0 Å². The highest BCUT2D eigenvalue weighted by molar-refractivity contribution is 4.87. The molecule has 1 aliphatic carbocycles. The number of ether oxygens (including phenoxy) is 1. The van der Waals surface area contributed by atoms with Gasteiger partial charge in [-0.05, 0) is 52.5 Å². The van der Waals surface area contributed by atoms with Gasteiger partial charge in [-0.3, -0.25) is 4.90 Å². The molecule has 2 aliphatic rings. The van der Waals surface area contributed by atoms with E-state index in [9.17, 15) is 0 Å². The Morgan fingerprint density at radius 3 is 2.56 bits per heavy atom. The molecule has 0 aromatic rings. The first kappa shape index (κ1) is 14.3. The highest BCUT2D eigenvalue weighted by atomic mass is 16.5. The van der Waals surface area contributed by atoms with Gasteiger partial charge in [0.05, 0.1) is 12.7 Å². The lowest BCUT2D eigenvalue weighted by atomic mass is 9.89. The minimum absolute atomic E-state index is 0.414. The summed E-state index contributed by atoms with van der Waals surface area (Å²) in [5, 5.41) is 3.67. The number of hydrogen-bond donors (Lipinski definition) is 1. The molecule has 18 heavy (non-hydrogen) atoms. The van der Waals surface area contributed by atoms with Gasteiger partial charge in [0.25, 0.3) is 0 Å². The molecule has 1 N–H and O–H groups in total. The molecule has 1 heterocycles. The van der Waals surface area contributed by atoms with Gasteiger partial charge in [0.15, 0.2) is 0 Å². The molecule has 106 valence electrons. The first-order valence-corrected chi connectivity index (χ1v) is 7.81. The largest absolute Gasteiger partial charge is 0.376 e. The van der Waals surface area contributed by atoms with Crippen molar-refractivity contribution in [1.29, 1.82) is 0 Å². The number of rotatable bonds is 4. The van der Waals surface area contributed by atoms with Crippen LogP contribution < -0.4 is 5.32 Å². The molecule has 0 spiro atoms. The van der Waals surface area contributed by atoms with E-state index in [1.807, 2.05) is 0 Å². The van der Waals surface area contributed by atoms with Gasteiger partial charge in [0.1, 0.15) is 0 Å². The Balaban J connectivity index is 1.77. The summed E-state index contributed by atoms with van der Waals surface area (Å²) in [4.78, 5) is 2.70. The second-order valence-corrected chi connectivity index (χ2v) is 6.15. The maximum Gasteiger partial charge on any atom is 0.0674 e. The van der Waals surface area contributed by atoms with Crippen LogP contribution in [0.25, 0.3) is 0 Å². The van der Waals surface area contributed by atoms with Crippen molar-refractivity contribution in [2.24, 2.45) is 0 Å². The number of morpholine rings is 1. The smallest absolute Gasteiger partial charge is 0.0674 e. The fourth-order valence-corrected chi connectivity index (χ4v) is 3.40. The van der Waals surface area contributed by atoms with Crippen LogP contribution in [0.15, 0.2) is 0 Å². The summed E-state index contributed by atoms with van der Waals surface area (Å²) in [5.74, 6) is 0. The number of nitrogens with one attached hydrogen (secondary N) is 1. The Hall–Kier alpha value is -0.120. The number of hydrogen-bond acceptors (Lipinski definition) is 3. The Morgan fingerprint density at radius 1 is 1.17 bits per heavy atom. The summed E-state index contributed by atoms with van der Waals surface area (Å²) >= 11 is 0. The third-order valence-corrected chi connectivity index (χ3v) is 4.50. The third kappa shape index (κ3) is 3.69. The monoisotopic (exact) mass is 254 g/mol. The molecule has 1 saturated heterocycles. The van der Waals surface area contributed by atoms with Crippen molar-refractivity contribution in [1.82, 2.24) is 10.2 Å². The molecule has 3 nitrogen and oxygen atoms in total. The molecule has 2 fully saturated rings. The molecule has 0 radical (unpaired) electrons. The second-order valence-electron chi connectivity index (χ2n) is 6.15. The van der Waals surface area contributed by atoms with Crippen molar-refractivity contribution in [3.63, 3.8) is 0 Å². The van der Waals surface area contributed by atoms with Crippen molar-refractivity contribution in [3.05, 3.63) is 0 Å². The molecule has 1 aliphatic heterocycles. The van der Waals surface area contributed by atoms with E-state index in [0.717, 1.165) is 25.2 Å². The number of nitrogens with zero attached hydrogens (tertiary/aromatic N) is 1. The van der Waals surface area contributed by atoms with Gasteiger partial charge in [-0.15, -0.1) is 0 Å². The fourth-order valence-electron chi connectivity index (χ4n) is 3.40. The highest BCUT2D eigenvalue weighted by Crippen LogP contribution is 2.27. The van der Waals surface area contributed by atoms with Crippen LogP contribution in [-0.2, 0) is 4.74 Å². The van der Waals surface area contributed by atoms with Gasteiger partial charge >= 0.3 is 0 Å². The maximum absolute atomic E-state index is 5.73. The molecule has 1 saturated carbocycles. The topological polar surface area (TPSA) is 24.5 Å². The SMILES string of the molecule is CCCNC1CCC(N2CC(C)OCC2C)CC1. The standard InChI is InChI=1S/C15H30N2O/c1-4-9-16-14-5-7-15(8-6-14)17-10-13(3)18-11-12(17)2/h12-16H,4-11H2,1-3H3. The van der Waals surface area contributed by atoms with Crippen LogP contribution in [0.3, 0.4) is 0 Å². The Morgan fingerprint density at radius 2 is 1.89 bits per heavy atom. The van der Waals surface area contributed by atoms with Crippen LogP contribution in [0.1, 0.15) is 52.9 Å². The van der Waals surface area contributed by atoms with E-state index in [1.165, 1.54) is 38.6 Å². The zero-order valence-corrected chi connectivity index (χ0v) is 12.3. The summed E-state index contributed by atoms with van der Waals surface area (Å²) in [7, 11) is 0. The van der Waals surface area contributed by atoms with Gasteiger partial charge in [-0.2, -0.15) is 0 Å². The molecule has 0 aromatic carbocycles. The van der Waals surface area contributed by atoms with Crippen molar-refractivity contribution in [2.75, 3.05) is 19.7 Å². The zero-order valence-electron chi connectivity index (χ0n) is 12.3. The van der Waals surface area contributed by atoms with E-state index in [-0.39, 0.29) is 0 Å². The molecular weight excluding hydrogens is 224 g/mol. The fraction of sp³-hybridized carbons (Fsp3) is 1.00. The molecule has 2 rings (SSSR count). The van der Waals surface area contributed by atoms with E-state index in [4.69, 9.17) is 4.74 Å². The van der Waals surface area contributed by atoms with Crippen LogP contribution in [0.2, 0.25) is 0 Å². The molecule has 0 amide bonds. The quantitative estimate of drug-likeness (QED) is 0.834. The lowest BCUT2D eigenvalue weighted by molar-refractivity contribution is -0.0719. The van der Waals surface area contributed by atoms with Crippen molar-refractivity contribution in [2.45, 2.75) is 77.1 Å². The van der Waals surface area contributed by atoms with Crippen LogP contribution in [0.4, 0.5) is 0 Å². The minimum atomic E-state index is 0.414. The lowest BCUT2D eigenvalue weighted by Gasteiger charge is -2.44. The Bertz CT molecular complexity index is 239. The van der Waals surface area contributed by atoms with Gasteiger partial charge in [0, 0.05) is 24.7 Å². The zero-order chi connectivity index (χ0) is 13.0. The molecule has 2 unspecified atom stereocenters. The maximum atomic E-state index is 5.73. The molecule has 2 atom stereocenters. The van der Waals surface area contributed by atoms with Crippen LogP contribution in [0.5, 0.6) is 0 Å². The van der Waals surface area contributed by atoms with Gasteiger partial charge in [-0.25, -0.2) is 0 Å². The third-order valence-electron chi connectivity index (χ3n) is 4.50. The average molecular weight is 254 g/mol. The normalized spacial score (nSPS) is 38.8. The molecule has 0 bridgehead atoms. The van der Waals surface area contributed by atoms with E-state index in [2.05, 4.69) is 31.0 Å². The first-order chi connectivity index (χ1) is 8.70. The first-order valence-electron chi connectivity index (χ1n) is 7.81. The van der Waals surface area contributed by atoms with E-state index >= 15 is 0 Å². The van der Waals surface area contributed by atoms with Crippen molar-refractivity contribution in [3.8, 4) is 0 Å². The second kappa shape index (κ2) is 6.88. The summed E-state index contributed by atoms with van der Waals surface area (Å²) in [6.07, 6.45) is 7.08. The van der Waals surface area contributed by atoms with E-state index < -0.39 is 0 Å². The van der Waals surface area contributed by atoms with Crippen molar-refractivity contribution < 1.29 is 4.74 Å². The van der Waals surface area contributed by atoms with Gasteiger partial charge < -0.3 is 10.1 Å². The summed E-state index contributed by atoms with van der Waals surface area (Å²) < 4.78 is 5.73. The van der Waals surface area contributed by atoms with Crippen LogP contribution >= 0.6 is 0 Å². The summed E-state index contributed by atoms with van der Waals surface area (Å²) in [6.45, 7) is 9.98. The summed E-state index contributed by atoms with van der Waals surface area (Å²) in [5.41, 5.74) is 0. The van der Waals surface area contributed by atoms with Crippen molar-refractivity contribution >= 4 is 0 Å². The van der Waals surface area contributed by atoms with E-state index in [0.29, 0.717) is 12.1 Å². The molecular formula is C15H30N2O.